The van der Waals surface area contributed by atoms with Gasteiger partial charge in [-0.05, 0) is 36.8 Å². The second kappa shape index (κ2) is 6.55. The normalized spacial score (nSPS) is 13.2. The Bertz CT molecular complexity index is 947. The zero-order valence-electron chi connectivity index (χ0n) is 14.6. The molecule has 0 bridgehead atoms. The summed E-state index contributed by atoms with van der Waals surface area (Å²) in [6, 6.07) is 15.2. The van der Waals surface area contributed by atoms with Crippen molar-refractivity contribution in [3.63, 3.8) is 0 Å². The number of carbonyl (C=O) groups excluding carboxylic acids is 1. The van der Waals surface area contributed by atoms with Gasteiger partial charge in [-0.15, -0.1) is 0 Å². The van der Waals surface area contributed by atoms with Gasteiger partial charge in [0.05, 0.1) is 24.5 Å². The fourth-order valence-electron chi connectivity index (χ4n) is 3.07. The number of benzene rings is 2. The third-order valence-electron chi connectivity index (χ3n) is 4.53. The first-order valence-corrected chi connectivity index (χ1v) is 8.40. The van der Waals surface area contributed by atoms with E-state index in [1.54, 1.807) is 13.4 Å². The third-order valence-corrected chi connectivity index (χ3v) is 4.53. The van der Waals surface area contributed by atoms with Gasteiger partial charge in [0.2, 0.25) is 0 Å². The van der Waals surface area contributed by atoms with Crippen molar-refractivity contribution >= 4 is 5.91 Å². The Hall–Kier alpha value is -3.28. The van der Waals surface area contributed by atoms with E-state index in [1.807, 2.05) is 60.0 Å². The number of para-hydroxylation sites is 2. The van der Waals surface area contributed by atoms with Gasteiger partial charge < -0.3 is 14.8 Å². The maximum absolute atomic E-state index is 12.7. The Labute approximate surface area is 151 Å². The maximum atomic E-state index is 12.7. The van der Waals surface area contributed by atoms with Gasteiger partial charge in [-0.3, -0.25) is 9.36 Å². The number of aromatic nitrogens is 2. The highest BCUT2D eigenvalue weighted by atomic mass is 16.5. The summed E-state index contributed by atoms with van der Waals surface area (Å²) in [6.45, 7) is 2.25. The molecule has 2 heterocycles. The van der Waals surface area contributed by atoms with Crippen molar-refractivity contribution in [1.82, 2.24) is 14.9 Å². The summed E-state index contributed by atoms with van der Waals surface area (Å²) < 4.78 is 12.8. The molecule has 1 aromatic heterocycles. The Kier molecular flexibility index (Phi) is 4.08. The topological polar surface area (TPSA) is 65.4 Å². The predicted molar refractivity (Wildman–Crippen MR) is 96.8 cm³/mol. The highest BCUT2D eigenvalue weighted by Crippen LogP contribution is 2.30. The van der Waals surface area contributed by atoms with E-state index >= 15 is 0 Å². The van der Waals surface area contributed by atoms with Crippen LogP contribution in [0.2, 0.25) is 0 Å². The van der Waals surface area contributed by atoms with Gasteiger partial charge in [0.1, 0.15) is 24.4 Å². The molecule has 26 heavy (non-hydrogen) atoms. The van der Waals surface area contributed by atoms with Crippen molar-refractivity contribution in [2.24, 2.45) is 0 Å². The second-order valence-electron chi connectivity index (χ2n) is 6.13. The standard InChI is InChI=1S/C20H19N3O3/c1-13(14-7-9-15(25-2)10-8-14)22-20(24)19-17-11-26-18-6-4-3-5-16(18)23(17)12-21-19/h3-10,12-13H,11H2,1-2H3,(H,22,24). The molecule has 1 aliphatic heterocycles. The van der Waals surface area contributed by atoms with Crippen LogP contribution in [-0.4, -0.2) is 22.6 Å². The minimum Gasteiger partial charge on any atom is -0.497 e. The average molecular weight is 349 g/mol. The van der Waals surface area contributed by atoms with Crippen molar-refractivity contribution in [2.75, 3.05) is 7.11 Å². The van der Waals surface area contributed by atoms with Gasteiger partial charge in [-0.25, -0.2) is 4.98 Å². The van der Waals surface area contributed by atoms with Crippen LogP contribution < -0.4 is 14.8 Å². The Balaban J connectivity index is 1.55. The molecule has 1 unspecified atom stereocenters. The number of imidazole rings is 1. The maximum Gasteiger partial charge on any atom is 0.272 e. The molecule has 0 saturated carbocycles. The van der Waals surface area contributed by atoms with Crippen LogP contribution in [0.3, 0.4) is 0 Å². The molecule has 6 heteroatoms. The molecule has 3 aromatic rings. The minimum atomic E-state index is -0.218. The number of fused-ring (bicyclic) bond motifs is 3. The summed E-state index contributed by atoms with van der Waals surface area (Å²) in [5, 5.41) is 3.00. The van der Waals surface area contributed by atoms with Crippen LogP contribution in [0.1, 0.15) is 34.7 Å². The highest BCUT2D eigenvalue weighted by Gasteiger charge is 2.25. The fraction of sp³-hybridized carbons (Fsp3) is 0.200. The zero-order valence-corrected chi connectivity index (χ0v) is 14.6. The number of hydrogen-bond acceptors (Lipinski definition) is 4. The van der Waals surface area contributed by atoms with E-state index in [2.05, 4.69) is 10.3 Å². The summed E-state index contributed by atoms with van der Waals surface area (Å²) in [4.78, 5) is 17.1. The van der Waals surface area contributed by atoms with Crippen LogP contribution >= 0.6 is 0 Å². The van der Waals surface area contributed by atoms with Gasteiger partial charge in [0.25, 0.3) is 5.91 Å². The van der Waals surface area contributed by atoms with Gasteiger partial charge >= 0.3 is 0 Å². The predicted octanol–water partition coefficient (Wildman–Crippen LogP) is 3.26. The number of ether oxygens (including phenoxy) is 2. The molecule has 0 spiro atoms. The molecule has 0 aliphatic carbocycles. The van der Waals surface area contributed by atoms with E-state index in [0.717, 1.165) is 28.4 Å². The average Bonchev–Trinajstić information content (AvgIpc) is 3.12. The number of nitrogens with one attached hydrogen (secondary N) is 1. The Morgan fingerprint density at radius 1 is 1.23 bits per heavy atom. The lowest BCUT2D eigenvalue weighted by molar-refractivity contribution is 0.0932. The molecule has 0 saturated heterocycles. The van der Waals surface area contributed by atoms with E-state index in [1.165, 1.54) is 0 Å². The fourth-order valence-corrected chi connectivity index (χ4v) is 3.07. The molecule has 1 aliphatic rings. The number of carbonyl (C=O) groups is 1. The van der Waals surface area contributed by atoms with Crippen molar-refractivity contribution in [2.45, 2.75) is 19.6 Å². The molecule has 1 N–H and O–H groups in total. The van der Waals surface area contributed by atoms with Crippen molar-refractivity contribution in [3.8, 4) is 17.2 Å². The van der Waals surface area contributed by atoms with Gasteiger partial charge in [-0.2, -0.15) is 0 Å². The number of rotatable bonds is 4. The zero-order chi connectivity index (χ0) is 18.1. The van der Waals surface area contributed by atoms with E-state index in [4.69, 9.17) is 9.47 Å². The van der Waals surface area contributed by atoms with Gasteiger partial charge in [-0.1, -0.05) is 24.3 Å². The molecular weight excluding hydrogens is 330 g/mol. The summed E-state index contributed by atoms with van der Waals surface area (Å²) in [5.41, 5.74) is 3.03. The van der Waals surface area contributed by atoms with Crippen LogP contribution in [0.25, 0.3) is 5.69 Å². The minimum absolute atomic E-state index is 0.150. The SMILES string of the molecule is COc1ccc(C(C)NC(=O)c2ncn3c2COc2ccccc2-3)cc1. The number of amides is 1. The molecule has 0 radical (unpaired) electrons. The Morgan fingerprint density at radius 3 is 2.77 bits per heavy atom. The number of hydrogen-bond donors (Lipinski definition) is 1. The first-order chi connectivity index (χ1) is 12.7. The van der Waals surface area contributed by atoms with E-state index in [0.29, 0.717) is 12.3 Å². The second-order valence-corrected chi connectivity index (χ2v) is 6.13. The molecule has 4 rings (SSSR count). The monoisotopic (exact) mass is 349 g/mol. The van der Waals surface area contributed by atoms with Crippen molar-refractivity contribution in [1.29, 1.82) is 0 Å². The van der Waals surface area contributed by atoms with Crippen LogP contribution in [0.5, 0.6) is 11.5 Å². The third kappa shape index (κ3) is 2.79. The molecular formula is C20H19N3O3. The van der Waals surface area contributed by atoms with Crippen molar-refractivity contribution in [3.05, 3.63) is 71.8 Å². The molecule has 1 amide bonds. The molecule has 132 valence electrons. The van der Waals surface area contributed by atoms with Crippen molar-refractivity contribution < 1.29 is 14.3 Å². The summed E-state index contributed by atoms with van der Waals surface area (Å²) in [6.07, 6.45) is 1.67. The Morgan fingerprint density at radius 2 is 2.00 bits per heavy atom. The van der Waals surface area contributed by atoms with Crippen LogP contribution in [0, 0.1) is 0 Å². The molecule has 2 aromatic carbocycles. The summed E-state index contributed by atoms with van der Waals surface area (Å²) in [5.74, 6) is 1.35. The van der Waals surface area contributed by atoms with E-state index < -0.39 is 0 Å². The summed E-state index contributed by atoms with van der Waals surface area (Å²) >= 11 is 0. The van der Waals surface area contributed by atoms with Crippen LogP contribution in [0.4, 0.5) is 0 Å². The highest BCUT2D eigenvalue weighted by molar-refractivity contribution is 5.94. The van der Waals surface area contributed by atoms with E-state index in [-0.39, 0.29) is 11.9 Å². The molecule has 0 fully saturated rings. The first kappa shape index (κ1) is 16.2. The molecule has 6 nitrogen and oxygen atoms in total. The smallest absolute Gasteiger partial charge is 0.272 e. The number of nitrogens with zero attached hydrogens (tertiary/aromatic N) is 2. The molecule has 1 atom stereocenters. The quantitative estimate of drug-likeness (QED) is 0.785. The van der Waals surface area contributed by atoms with Crippen LogP contribution in [-0.2, 0) is 6.61 Å². The summed E-state index contributed by atoms with van der Waals surface area (Å²) in [7, 11) is 1.63. The lowest BCUT2D eigenvalue weighted by Gasteiger charge is -2.20. The lowest BCUT2D eigenvalue weighted by Crippen LogP contribution is -2.28. The van der Waals surface area contributed by atoms with Gasteiger partial charge in [0.15, 0.2) is 5.69 Å². The number of methoxy groups -OCH3 is 1. The van der Waals surface area contributed by atoms with E-state index in [9.17, 15) is 4.79 Å². The lowest BCUT2D eigenvalue weighted by atomic mass is 10.1. The largest absolute Gasteiger partial charge is 0.497 e. The van der Waals surface area contributed by atoms with Crippen LogP contribution in [0.15, 0.2) is 54.9 Å². The first-order valence-electron chi connectivity index (χ1n) is 8.40. The van der Waals surface area contributed by atoms with Gasteiger partial charge in [0, 0.05) is 0 Å².